The molecular weight excluding hydrogens is 368 g/mol. The molecule has 3 aliphatic rings. The number of amides is 4. The largest absolute Gasteiger partial charge is 0.354 e. The van der Waals surface area contributed by atoms with E-state index in [-0.39, 0.29) is 17.8 Å². The summed E-state index contributed by atoms with van der Waals surface area (Å²) in [6.45, 7) is 3.31. The Morgan fingerprint density at radius 3 is 1.83 bits per heavy atom. The van der Waals surface area contributed by atoms with Crippen molar-refractivity contribution in [3.8, 4) is 0 Å². The number of nitrogens with one attached hydrogen (secondary N) is 2. The van der Waals surface area contributed by atoms with Crippen molar-refractivity contribution in [3.05, 3.63) is 0 Å². The topological polar surface area (TPSA) is 81.8 Å². The fourth-order valence-corrected chi connectivity index (χ4v) is 4.96. The summed E-state index contributed by atoms with van der Waals surface area (Å²) in [5.74, 6) is 1.45. The number of hydrogen-bond donors (Lipinski definition) is 2. The van der Waals surface area contributed by atoms with Crippen molar-refractivity contribution >= 4 is 17.8 Å². The van der Waals surface area contributed by atoms with E-state index in [2.05, 4.69) is 10.6 Å². The van der Waals surface area contributed by atoms with E-state index in [1.54, 1.807) is 4.90 Å². The number of nitrogens with zero attached hydrogens (tertiary/aromatic N) is 2. The number of urea groups is 1. The Balaban J connectivity index is 1.25. The Bertz CT molecular complexity index is 548. The highest BCUT2D eigenvalue weighted by atomic mass is 16.2. The molecule has 1 saturated heterocycles. The van der Waals surface area contributed by atoms with Gasteiger partial charge in [-0.25, -0.2) is 4.79 Å². The van der Waals surface area contributed by atoms with E-state index in [1.807, 2.05) is 4.90 Å². The molecule has 3 fully saturated rings. The lowest BCUT2D eigenvalue weighted by molar-refractivity contribution is -0.133. The van der Waals surface area contributed by atoms with Crippen LogP contribution >= 0.6 is 0 Å². The van der Waals surface area contributed by atoms with Gasteiger partial charge in [0.25, 0.3) is 0 Å². The first kappa shape index (κ1) is 21.9. The fraction of sp³-hybridized carbons (Fsp3) is 0.864. The molecule has 3 rings (SSSR count). The van der Waals surface area contributed by atoms with Gasteiger partial charge in [0.15, 0.2) is 0 Å². The van der Waals surface area contributed by atoms with Gasteiger partial charge in [-0.3, -0.25) is 9.59 Å². The van der Waals surface area contributed by atoms with E-state index in [0.717, 1.165) is 0 Å². The summed E-state index contributed by atoms with van der Waals surface area (Å²) in [5.41, 5.74) is 0. The summed E-state index contributed by atoms with van der Waals surface area (Å²) >= 11 is 0. The second-order valence-corrected chi connectivity index (χ2v) is 9.01. The van der Waals surface area contributed by atoms with Crippen LogP contribution in [-0.4, -0.2) is 66.9 Å². The van der Waals surface area contributed by atoms with Crippen LogP contribution in [0.2, 0.25) is 0 Å². The van der Waals surface area contributed by atoms with Crippen LogP contribution < -0.4 is 10.6 Å². The first-order chi connectivity index (χ1) is 14.1. The highest BCUT2D eigenvalue weighted by Gasteiger charge is 2.26. The minimum atomic E-state index is -0.102. The average molecular weight is 407 g/mol. The van der Waals surface area contributed by atoms with Crippen molar-refractivity contribution in [1.29, 1.82) is 0 Å². The van der Waals surface area contributed by atoms with Crippen molar-refractivity contribution in [2.24, 2.45) is 11.8 Å². The third kappa shape index (κ3) is 7.19. The third-order valence-corrected chi connectivity index (χ3v) is 6.78. The molecule has 0 aromatic rings. The Hall–Kier alpha value is -1.79. The van der Waals surface area contributed by atoms with E-state index < -0.39 is 0 Å². The number of hydrogen-bond acceptors (Lipinski definition) is 3. The van der Waals surface area contributed by atoms with Crippen molar-refractivity contribution in [3.63, 3.8) is 0 Å². The molecule has 0 atom stereocenters. The van der Waals surface area contributed by atoms with Gasteiger partial charge in [-0.1, -0.05) is 32.1 Å². The van der Waals surface area contributed by atoms with Gasteiger partial charge in [0, 0.05) is 52.1 Å². The fourth-order valence-electron chi connectivity index (χ4n) is 4.96. The first-order valence-electron chi connectivity index (χ1n) is 11.7. The molecule has 0 bridgehead atoms. The highest BCUT2D eigenvalue weighted by molar-refractivity contribution is 5.78. The monoisotopic (exact) mass is 406 g/mol. The van der Waals surface area contributed by atoms with Crippen LogP contribution in [0.25, 0.3) is 0 Å². The predicted molar refractivity (Wildman–Crippen MR) is 112 cm³/mol. The van der Waals surface area contributed by atoms with Crippen LogP contribution in [0.3, 0.4) is 0 Å². The molecule has 2 N–H and O–H groups in total. The third-order valence-electron chi connectivity index (χ3n) is 6.78. The van der Waals surface area contributed by atoms with Crippen molar-refractivity contribution in [2.45, 2.75) is 70.6 Å². The number of rotatable bonds is 7. The predicted octanol–water partition coefficient (Wildman–Crippen LogP) is 2.51. The van der Waals surface area contributed by atoms with E-state index in [9.17, 15) is 14.4 Å². The Labute approximate surface area is 174 Å². The minimum absolute atomic E-state index is 0.0937. The zero-order chi connectivity index (χ0) is 20.5. The normalized spacial score (nSPS) is 21.2. The zero-order valence-corrected chi connectivity index (χ0v) is 17.8. The van der Waals surface area contributed by atoms with Gasteiger partial charge in [0.05, 0.1) is 0 Å². The smallest absolute Gasteiger partial charge is 0.317 e. The molecule has 29 heavy (non-hydrogen) atoms. The molecule has 0 spiro atoms. The SMILES string of the molecule is O=C(CC1CCCC1)NCCNC(=O)N1CCN(C(=O)CC2CCCCC2)CC1. The molecule has 1 heterocycles. The second-order valence-electron chi connectivity index (χ2n) is 9.01. The highest BCUT2D eigenvalue weighted by Crippen LogP contribution is 2.27. The molecule has 4 amide bonds. The number of piperazine rings is 1. The molecule has 0 unspecified atom stereocenters. The van der Waals surface area contributed by atoms with Crippen LogP contribution in [0.5, 0.6) is 0 Å². The second kappa shape index (κ2) is 11.4. The molecule has 0 aromatic heterocycles. The van der Waals surface area contributed by atoms with Crippen LogP contribution in [0.15, 0.2) is 0 Å². The van der Waals surface area contributed by atoms with Gasteiger partial charge in [-0.15, -0.1) is 0 Å². The lowest BCUT2D eigenvalue weighted by Gasteiger charge is -2.35. The molecule has 0 aromatic carbocycles. The molecule has 164 valence electrons. The van der Waals surface area contributed by atoms with Gasteiger partial charge in [-0.05, 0) is 37.5 Å². The average Bonchev–Trinajstić information content (AvgIpc) is 3.25. The maximum absolute atomic E-state index is 12.5. The van der Waals surface area contributed by atoms with Gasteiger partial charge in [-0.2, -0.15) is 0 Å². The molecule has 7 nitrogen and oxygen atoms in total. The van der Waals surface area contributed by atoms with E-state index in [0.29, 0.717) is 63.9 Å². The van der Waals surface area contributed by atoms with Crippen LogP contribution in [0.1, 0.15) is 70.6 Å². The summed E-state index contributed by atoms with van der Waals surface area (Å²) in [5, 5.41) is 5.78. The van der Waals surface area contributed by atoms with Crippen LogP contribution in [0.4, 0.5) is 4.79 Å². The molecule has 7 heteroatoms. The van der Waals surface area contributed by atoms with Crippen LogP contribution in [-0.2, 0) is 9.59 Å². The van der Waals surface area contributed by atoms with Crippen molar-refractivity contribution in [1.82, 2.24) is 20.4 Å². The number of carbonyl (C=O) groups excluding carboxylic acids is 3. The molecule has 2 saturated carbocycles. The first-order valence-corrected chi connectivity index (χ1v) is 11.7. The Kier molecular flexibility index (Phi) is 8.62. The summed E-state index contributed by atoms with van der Waals surface area (Å²) < 4.78 is 0. The molecular formula is C22H38N4O3. The summed E-state index contributed by atoms with van der Waals surface area (Å²) in [6, 6.07) is -0.102. The molecule has 1 aliphatic heterocycles. The van der Waals surface area contributed by atoms with Gasteiger partial charge < -0.3 is 20.4 Å². The quantitative estimate of drug-likeness (QED) is 0.638. The van der Waals surface area contributed by atoms with E-state index in [4.69, 9.17) is 0 Å². The Morgan fingerprint density at radius 1 is 0.655 bits per heavy atom. The lowest BCUT2D eigenvalue weighted by Crippen LogP contribution is -2.54. The van der Waals surface area contributed by atoms with Crippen molar-refractivity contribution < 1.29 is 14.4 Å². The van der Waals surface area contributed by atoms with Gasteiger partial charge in [0.2, 0.25) is 11.8 Å². The lowest BCUT2D eigenvalue weighted by atomic mass is 9.86. The standard InChI is InChI=1S/C22H38N4O3/c27-20(16-18-8-4-5-9-18)23-10-11-24-22(29)26-14-12-25(13-15-26)21(28)17-19-6-2-1-3-7-19/h18-19H,1-17H2,(H,23,27)(H,24,29). The van der Waals surface area contributed by atoms with Crippen LogP contribution in [0, 0.1) is 11.8 Å². The Morgan fingerprint density at radius 2 is 1.17 bits per heavy atom. The minimum Gasteiger partial charge on any atom is -0.354 e. The molecule has 0 radical (unpaired) electrons. The van der Waals surface area contributed by atoms with E-state index in [1.165, 1.54) is 57.8 Å². The summed E-state index contributed by atoms with van der Waals surface area (Å²) in [4.78, 5) is 40.4. The maximum Gasteiger partial charge on any atom is 0.317 e. The van der Waals surface area contributed by atoms with E-state index >= 15 is 0 Å². The van der Waals surface area contributed by atoms with Gasteiger partial charge >= 0.3 is 6.03 Å². The van der Waals surface area contributed by atoms with Crippen molar-refractivity contribution in [2.75, 3.05) is 39.3 Å². The van der Waals surface area contributed by atoms with Gasteiger partial charge in [0.1, 0.15) is 0 Å². The zero-order valence-electron chi connectivity index (χ0n) is 17.8. The molecule has 2 aliphatic carbocycles. The summed E-state index contributed by atoms with van der Waals surface area (Å²) in [6.07, 6.45) is 12.3. The maximum atomic E-state index is 12.5. The summed E-state index contributed by atoms with van der Waals surface area (Å²) in [7, 11) is 0. The number of carbonyl (C=O) groups is 3.